The zero-order valence-corrected chi connectivity index (χ0v) is 12.0. The highest BCUT2D eigenvalue weighted by molar-refractivity contribution is 7.98. The second-order valence-corrected chi connectivity index (χ2v) is 4.96. The Balaban J connectivity index is 2.75. The Hall–Kier alpha value is -2.66. The lowest BCUT2D eigenvalue weighted by Gasteiger charge is -2.06. The lowest BCUT2D eigenvalue weighted by Crippen LogP contribution is -2.14. The summed E-state index contributed by atoms with van der Waals surface area (Å²) in [6.07, 6.45) is 1.73. The Morgan fingerprint density at radius 2 is 2.19 bits per heavy atom. The van der Waals surface area contributed by atoms with Gasteiger partial charge in [-0.05, 0) is 13.2 Å². The Bertz CT molecular complexity index is 823. The molecule has 0 fully saturated rings. The third-order valence-electron chi connectivity index (χ3n) is 2.88. The van der Waals surface area contributed by atoms with Gasteiger partial charge in [-0.1, -0.05) is 23.9 Å². The number of nitro benzene ring substituents is 1. The molecular weight excluding hydrogens is 292 g/mol. The largest absolute Gasteiger partial charge is 0.300 e. The van der Waals surface area contributed by atoms with Crippen molar-refractivity contribution in [2.24, 2.45) is 0 Å². The van der Waals surface area contributed by atoms with Crippen molar-refractivity contribution >= 4 is 17.4 Å². The predicted molar refractivity (Wildman–Crippen MR) is 78.2 cm³/mol. The number of hydrogen-bond donors (Lipinski definition) is 1. The normalized spacial score (nSPS) is 10.1. The van der Waals surface area contributed by atoms with Gasteiger partial charge >= 0.3 is 0 Å². The van der Waals surface area contributed by atoms with Crippen LogP contribution in [0.1, 0.15) is 11.1 Å². The average Bonchev–Trinajstić information content (AvgIpc) is 2.46. The Morgan fingerprint density at radius 1 is 1.48 bits per heavy atom. The Labute approximate surface area is 123 Å². The molecule has 0 spiro atoms. The number of aromatic amines is 1. The quantitative estimate of drug-likeness (QED) is 0.402. The first-order valence-corrected chi connectivity index (χ1v) is 7.04. The van der Waals surface area contributed by atoms with Crippen LogP contribution in [0.3, 0.4) is 0 Å². The molecule has 0 unspecified atom stereocenters. The van der Waals surface area contributed by atoms with E-state index in [1.165, 1.54) is 17.8 Å². The van der Waals surface area contributed by atoms with E-state index in [4.69, 9.17) is 5.26 Å². The topological polar surface area (TPSA) is 113 Å². The SMILES string of the molecule is CSc1nc(-c2ccc(C)c([N+](=O)[O-])c2)c(C#N)c(=O)[nH]1. The molecule has 0 aliphatic carbocycles. The summed E-state index contributed by atoms with van der Waals surface area (Å²) >= 11 is 1.21. The molecular formula is C13H10N4O3S. The van der Waals surface area contributed by atoms with Gasteiger partial charge in [0.1, 0.15) is 11.6 Å². The summed E-state index contributed by atoms with van der Waals surface area (Å²) in [5, 5.41) is 20.4. The molecule has 2 rings (SSSR count). The van der Waals surface area contributed by atoms with Crippen LogP contribution in [0.2, 0.25) is 0 Å². The number of aryl methyl sites for hydroxylation is 1. The average molecular weight is 302 g/mol. The van der Waals surface area contributed by atoms with E-state index in [9.17, 15) is 14.9 Å². The van der Waals surface area contributed by atoms with Crippen LogP contribution in [-0.4, -0.2) is 21.1 Å². The van der Waals surface area contributed by atoms with Crippen LogP contribution in [0.4, 0.5) is 5.69 Å². The van der Waals surface area contributed by atoms with Crippen molar-refractivity contribution in [3.05, 3.63) is 49.8 Å². The first-order valence-electron chi connectivity index (χ1n) is 5.81. The highest BCUT2D eigenvalue weighted by Gasteiger charge is 2.17. The molecule has 2 aromatic rings. The number of nitro groups is 1. The second-order valence-electron chi connectivity index (χ2n) is 4.17. The van der Waals surface area contributed by atoms with Gasteiger partial charge in [0.15, 0.2) is 5.16 Å². The van der Waals surface area contributed by atoms with Gasteiger partial charge in [0, 0.05) is 17.2 Å². The predicted octanol–water partition coefficient (Wildman–Crippen LogP) is 2.25. The van der Waals surface area contributed by atoms with E-state index < -0.39 is 10.5 Å². The molecule has 1 aromatic carbocycles. The van der Waals surface area contributed by atoms with Gasteiger partial charge in [-0.2, -0.15) is 5.26 Å². The van der Waals surface area contributed by atoms with E-state index in [0.717, 1.165) is 0 Å². The zero-order valence-electron chi connectivity index (χ0n) is 11.2. The number of H-pyrrole nitrogens is 1. The minimum atomic E-state index is -0.560. The summed E-state index contributed by atoms with van der Waals surface area (Å²) in [6, 6.07) is 6.29. The molecule has 0 atom stereocenters. The number of nitrogens with one attached hydrogen (secondary N) is 1. The summed E-state index contributed by atoms with van der Waals surface area (Å²) in [7, 11) is 0. The minimum Gasteiger partial charge on any atom is -0.300 e. The van der Waals surface area contributed by atoms with E-state index in [2.05, 4.69) is 9.97 Å². The second kappa shape index (κ2) is 5.76. The summed E-state index contributed by atoms with van der Waals surface area (Å²) in [5.74, 6) is 0. The van der Waals surface area contributed by atoms with E-state index in [1.54, 1.807) is 31.4 Å². The molecule has 21 heavy (non-hydrogen) atoms. The molecule has 0 amide bonds. The molecule has 1 heterocycles. The fraction of sp³-hybridized carbons (Fsp3) is 0.154. The third-order valence-corrected chi connectivity index (χ3v) is 3.46. The maximum absolute atomic E-state index is 11.8. The van der Waals surface area contributed by atoms with Crippen LogP contribution in [-0.2, 0) is 0 Å². The maximum Gasteiger partial charge on any atom is 0.272 e. The van der Waals surface area contributed by atoms with Gasteiger partial charge in [-0.15, -0.1) is 0 Å². The monoisotopic (exact) mass is 302 g/mol. The first-order chi connectivity index (χ1) is 9.97. The van der Waals surface area contributed by atoms with Gasteiger partial charge in [0.2, 0.25) is 0 Å². The molecule has 0 bridgehead atoms. The molecule has 1 aromatic heterocycles. The smallest absolute Gasteiger partial charge is 0.272 e. The molecule has 0 saturated heterocycles. The molecule has 0 saturated carbocycles. The summed E-state index contributed by atoms with van der Waals surface area (Å²) < 4.78 is 0. The van der Waals surface area contributed by atoms with Crippen LogP contribution < -0.4 is 5.56 Å². The van der Waals surface area contributed by atoms with Gasteiger partial charge < -0.3 is 4.98 Å². The first kappa shape index (κ1) is 14.7. The summed E-state index contributed by atoms with van der Waals surface area (Å²) in [5.41, 5.74) is 0.210. The van der Waals surface area contributed by atoms with Crippen LogP contribution in [0.25, 0.3) is 11.3 Å². The highest BCUT2D eigenvalue weighted by Crippen LogP contribution is 2.27. The fourth-order valence-electron chi connectivity index (χ4n) is 1.82. The number of thioether (sulfide) groups is 1. The van der Waals surface area contributed by atoms with Crippen molar-refractivity contribution in [2.45, 2.75) is 12.1 Å². The molecule has 8 heteroatoms. The molecule has 0 radical (unpaired) electrons. The van der Waals surface area contributed by atoms with Crippen LogP contribution in [0, 0.1) is 28.4 Å². The summed E-state index contributed by atoms with van der Waals surface area (Å²) in [6.45, 7) is 1.62. The van der Waals surface area contributed by atoms with E-state index in [-0.39, 0.29) is 16.9 Å². The standard InChI is InChI=1S/C13H10N4O3S/c1-7-3-4-8(5-10(7)17(19)20)11-9(6-14)12(18)16-13(15-11)21-2/h3-5H,1-2H3,(H,15,16,18). The molecule has 7 nitrogen and oxygen atoms in total. The van der Waals surface area contributed by atoms with Crippen LogP contribution in [0.15, 0.2) is 28.2 Å². The van der Waals surface area contributed by atoms with Crippen LogP contribution >= 0.6 is 11.8 Å². The molecule has 0 aliphatic heterocycles. The third kappa shape index (κ3) is 2.78. The van der Waals surface area contributed by atoms with E-state index in [0.29, 0.717) is 16.3 Å². The lowest BCUT2D eigenvalue weighted by molar-refractivity contribution is -0.385. The molecule has 106 valence electrons. The molecule has 0 aliphatic rings. The Morgan fingerprint density at radius 3 is 2.76 bits per heavy atom. The van der Waals surface area contributed by atoms with Gasteiger partial charge in [-0.25, -0.2) is 4.98 Å². The number of rotatable bonds is 3. The van der Waals surface area contributed by atoms with Crippen molar-refractivity contribution in [3.8, 4) is 17.3 Å². The van der Waals surface area contributed by atoms with Gasteiger partial charge in [-0.3, -0.25) is 14.9 Å². The van der Waals surface area contributed by atoms with Crippen molar-refractivity contribution in [1.29, 1.82) is 5.26 Å². The number of nitrogens with zero attached hydrogens (tertiary/aromatic N) is 3. The Kier molecular flexibility index (Phi) is 4.05. The zero-order chi connectivity index (χ0) is 15.6. The number of aromatic nitrogens is 2. The van der Waals surface area contributed by atoms with Gasteiger partial charge in [0.25, 0.3) is 11.2 Å². The van der Waals surface area contributed by atoms with E-state index in [1.807, 2.05) is 0 Å². The fourth-order valence-corrected chi connectivity index (χ4v) is 2.19. The minimum absolute atomic E-state index is 0.0795. The van der Waals surface area contributed by atoms with E-state index >= 15 is 0 Å². The highest BCUT2D eigenvalue weighted by atomic mass is 32.2. The van der Waals surface area contributed by atoms with Crippen molar-refractivity contribution in [3.63, 3.8) is 0 Å². The van der Waals surface area contributed by atoms with Crippen LogP contribution in [0.5, 0.6) is 0 Å². The number of nitriles is 1. The van der Waals surface area contributed by atoms with Gasteiger partial charge in [0.05, 0.1) is 10.6 Å². The lowest BCUT2D eigenvalue weighted by atomic mass is 10.0. The maximum atomic E-state index is 11.8. The number of hydrogen-bond acceptors (Lipinski definition) is 6. The number of benzene rings is 1. The van der Waals surface area contributed by atoms with Crippen molar-refractivity contribution in [2.75, 3.05) is 6.26 Å². The summed E-state index contributed by atoms with van der Waals surface area (Å²) in [4.78, 5) is 29.0. The van der Waals surface area contributed by atoms with Crippen molar-refractivity contribution < 1.29 is 4.92 Å². The van der Waals surface area contributed by atoms with Crippen molar-refractivity contribution in [1.82, 2.24) is 9.97 Å². The molecule has 1 N–H and O–H groups in total.